The molecule has 1 N–H and O–H groups in total. The Morgan fingerprint density at radius 2 is 2.07 bits per heavy atom. The Balaban J connectivity index is 1.63. The molecule has 2 aliphatic heterocycles. The van der Waals surface area contributed by atoms with E-state index in [1.165, 1.54) is 13.0 Å². The van der Waals surface area contributed by atoms with Gasteiger partial charge in [0.15, 0.2) is 6.61 Å². The van der Waals surface area contributed by atoms with Gasteiger partial charge in [-0.1, -0.05) is 12.1 Å². The van der Waals surface area contributed by atoms with Crippen molar-refractivity contribution >= 4 is 27.7 Å². The second-order valence-electron chi connectivity index (χ2n) is 6.79. The largest absolute Gasteiger partial charge is 0.454 e. The molecule has 1 amide bonds. The molecular weight excluding hydrogens is 370 g/mol. The van der Waals surface area contributed by atoms with Gasteiger partial charge in [0.2, 0.25) is 0 Å². The van der Waals surface area contributed by atoms with Gasteiger partial charge in [-0.25, -0.2) is 13.2 Å². The van der Waals surface area contributed by atoms with E-state index in [0.29, 0.717) is 12.1 Å². The molecule has 8 nitrogen and oxygen atoms in total. The van der Waals surface area contributed by atoms with Crippen molar-refractivity contribution < 1.29 is 22.7 Å². The number of ether oxygens (including phenoxy) is 1. The number of fused-ring (bicyclic) bond motifs is 1. The Morgan fingerprint density at radius 1 is 1.33 bits per heavy atom. The number of amides is 1. The molecule has 0 aliphatic carbocycles. The third-order valence-electron chi connectivity index (χ3n) is 4.79. The van der Waals surface area contributed by atoms with Crippen molar-refractivity contribution in [1.29, 1.82) is 0 Å². The van der Waals surface area contributed by atoms with E-state index in [1.807, 2.05) is 6.92 Å². The summed E-state index contributed by atoms with van der Waals surface area (Å²) in [6.07, 6.45) is 2.99. The van der Waals surface area contributed by atoms with Crippen LogP contribution in [0.2, 0.25) is 0 Å². The summed E-state index contributed by atoms with van der Waals surface area (Å²) in [6.45, 7) is 3.82. The van der Waals surface area contributed by atoms with E-state index in [9.17, 15) is 18.0 Å². The van der Waals surface area contributed by atoms with Gasteiger partial charge in [0.05, 0.1) is 4.90 Å². The van der Waals surface area contributed by atoms with E-state index < -0.39 is 22.0 Å². The van der Waals surface area contributed by atoms with Crippen LogP contribution in [0.4, 0.5) is 0 Å². The van der Waals surface area contributed by atoms with Gasteiger partial charge in [-0.15, -0.1) is 0 Å². The van der Waals surface area contributed by atoms with Gasteiger partial charge in [0, 0.05) is 18.2 Å². The molecule has 1 saturated heterocycles. The molecule has 0 saturated carbocycles. The van der Waals surface area contributed by atoms with Crippen LogP contribution < -0.4 is 4.72 Å². The molecule has 2 aliphatic rings. The van der Waals surface area contributed by atoms with E-state index in [2.05, 4.69) is 9.71 Å². The van der Waals surface area contributed by atoms with Crippen LogP contribution >= 0.6 is 0 Å². The summed E-state index contributed by atoms with van der Waals surface area (Å²) < 4.78 is 31.6. The minimum atomic E-state index is -3.67. The first-order valence-electron chi connectivity index (χ1n) is 8.95. The normalized spacial score (nSPS) is 23.4. The van der Waals surface area contributed by atoms with Gasteiger partial charge in [-0.3, -0.25) is 14.5 Å². The maximum atomic E-state index is 12.3. The van der Waals surface area contributed by atoms with Crippen LogP contribution in [0.15, 0.2) is 34.2 Å². The number of aliphatic imine (C=N–C) groups is 1. The molecule has 146 valence electrons. The molecule has 1 aromatic carbocycles. The zero-order valence-electron chi connectivity index (χ0n) is 15.3. The van der Waals surface area contributed by atoms with Gasteiger partial charge < -0.3 is 9.64 Å². The highest BCUT2D eigenvalue weighted by atomic mass is 32.2. The topological polar surface area (TPSA) is 105 Å². The van der Waals surface area contributed by atoms with E-state index in [-0.39, 0.29) is 29.3 Å². The fourth-order valence-corrected chi connectivity index (χ4v) is 4.52. The van der Waals surface area contributed by atoms with Crippen molar-refractivity contribution in [3.05, 3.63) is 29.8 Å². The molecule has 27 heavy (non-hydrogen) atoms. The third kappa shape index (κ3) is 4.13. The first kappa shape index (κ1) is 19.3. The molecule has 0 radical (unpaired) electrons. The van der Waals surface area contributed by atoms with Gasteiger partial charge >= 0.3 is 5.97 Å². The molecule has 2 atom stereocenters. The highest BCUT2D eigenvalue weighted by Crippen LogP contribution is 2.22. The summed E-state index contributed by atoms with van der Waals surface area (Å²) in [5.74, 6) is -0.794. The fourth-order valence-electron chi connectivity index (χ4n) is 3.28. The first-order chi connectivity index (χ1) is 12.8. The zero-order valence-corrected chi connectivity index (χ0v) is 16.2. The molecule has 1 unspecified atom stereocenters. The minimum Gasteiger partial charge on any atom is -0.454 e. The predicted molar refractivity (Wildman–Crippen MR) is 98.7 cm³/mol. The Hall–Kier alpha value is -2.42. The van der Waals surface area contributed by atoms with Gasteiger partial charge in [0.25, 0.3) is 15.9 Å². The number of hydrogen-bond acceptors (Lipinski definition) is 6. The third-order valence-corrected chi connectivity index (χ3v) is 6.18. The van der Waals surface area contributed by atoms with Crippen LogP contribution in [-0.2, 0) is 24.3 Å². The number of likely N-dealkylation sites (tertiary alicyclic amines) is 1. The van der Waals surface area contributed by atoms with Gasteiger partial charge in [-0.05, 0) is 45.2 Å². The summed E-state index contributed by atoms with van der Waals surface area (Å²) in [5, 5.41) is 0. The van der Waals surface area contributed by atoms with E-state index in [4.69, 9.17) is 4.74 Å². The molecular formula is C18H23N3O5S. The number of hydrogen-bond donors (Lipinski definition) is 1. The molecule has 1 aromatic rings. The van der Waals surface area contributed by atoms with Crippen LogP contribution in [0.5, 0.6) is 0 Å². The number of piperidine rings is 1. The lowest BCUT2D eigenvalue weighted by Crippen LogP contribution is -2.44. The fraction of sp³-hybridized carbons (Fsp3) is 0.500. The highest BCUT2D eigenvalue weighted by Gasteiger charge is 2.31. The zero-order chi connectivity index (χ0) is 19.6. The van der Waals surface area contributed by atoms with E-state index in [0.717, 1.165) is 19.3 Å². The number of rotatable bonds is 4. The number of amidine groups is 1. The molecule has 0 aromatic heterocycles. The number of carbonyl (C=O) groups is 2. The van der Waals surface area contributed by atoms with Crippen molar-refractivity contribution in [2.75, 3.05) is 13.2 Å². The SMILES string of the molecule is CC1CCCCN1C(=O)COC(=O)[C@H](C)N=C1NS(=O)(=O)c2ccccc21. The summed E-state index contributed by atoms with van der Waals surface area (Å²) in [4.78, 5) is 30.4. The number of nitrogens with zero attached hydrogens (tertiary/aromatic N) is 2. The highest BCUT2D eigenvalue weighted by molar-refractivity contribution is 7.90. The lowest BCUT2D eigenvalue weighted by molar-refractivity contribution is -0.154. The molecule has 2 heterocycles. The van der Waals surface area contributed by atoms with Crippen molar-refractivity contribution in [3.63, 3.8) is 0 Å². The van der Waals surface area contributed by atoms with Crippen LogP contribution in [-0.4, -0.2) is 56.3 Å². The smallest absolute Gasteiger partial charge is 0.331 e. The maximum Gasteiger partial charge on any atom is 0.331 e. The number of esters is 1. The van der Waals surface area contributed by atoms with Crippen LogP contribution in [0, 0.1) is 0 Å². The number of carbonyl (C=O) groups excluding carboxylic acids is 2. The lowest BCUT2D eigenvalue weighted by Gasteiger charge is -2.33. The molecule has 0 spiro atoms. The monoisotopic (exact) mass is 393 g/mol. The predicted octanol–water partition coefficient (Wildman–Crippen LogP) is 1.06. The maximum absolute atomic E-state index is 12.3. The summed E-state index contributed by atoms with van der Waals surface area (Å²) >= 11 is 0. The molecule has 0 bridgehead atoms. The van der Waals surface area contributed by atoms with Crippen molar-refractivity contribution in [2.45, 2.75) is 50.1 Å². The van der Waals surface area contributed by atoms with Gasteiger partial charge in [-0.2, -0.15) is 0 Å². The number of sulfonamides is 1. The molecule has 1 fully saturated rings. The second-order valence-corrected chi connectivity index (χ2v) is 8.45. The van der Waals surface area contributed by atoms with E-state index in [1.54, 1.807) is 23.1 Å². The Kier molecular flexibility index (Phi) is 5.50. The van der Waals surface area contributed by atoms with Crippen molar-refractivity contribution in [1.82, 2.24) is 9.62 Å². The average Bonchev–Trinajstić information content (AvgIpc) is 2.90. The quantitative estimate of drug-likeness (QED) is 0.770. The number of nitrogens with one attached hydrogen (secondary N) is 1. The second kappa shape index (κ2) is 7.67. The van der Waals surface area contributed by atoms with Crippen molar-refractivity contribution in [2.24, 2.45) is 4.99 Å². The van der Waals surface area contributed by atoms with Gasteiger partial charge in [0.1, 0.15) is 11.9 Å². The van der Waals surface area contributed by atoms with Crippen LogP contribution in [0.25, 0.3) is 0 Å². The number of benzene rings is 1. The molecule has 3 rings (SSSR count). The van der Waals surface area contributed by atoms with Crippen LogP contribution in [0.1, 0.15) is 38.7 Å². The summed E-state index contributed by atoms with van der Waals surface area (Å²) in [6, 6.07) is 5.60. The van der Waals surface area contributed by atoms with E-state index >= 15 is 0 Å². The minimum absolute atomic E-state index is 0.103. The van der Waals surface area contributed by atoms with Crippen molar-refractivity contribution in [3.8, 4) is 0 Å². The Morgan fingerprint density at radius 3 is 2.81 bits per heavy atom. The Bertz CT molecular complexity index is 881. The average molecular weight is 393 g/mol. The standard InChI is InChI=1S/C18H23N3O5S/c1-12-7-5-6-10-21(12)16(22)11-26-18(23)13(2)19-17-14-8-3-4-9-15(14)27(24,25)20-17/h3-4,8-9,12-13H,5-7,10-11H2,1-2H3,(H,19,20)/t12?,13-/m0/s1. The Labute approximate surface area is 158 Å². The first-order valence-corrected chi connectivity index (χ1v) is 10.4. The lowest BCUT2D eigenvalue weighted by atomic mass is 10.0. The molecule has 9 heteroatoms. The summed E-state index contributed by atoms with van der Waals surface area (Å²) in [7, 11) is -3.67. The summed E-state index contributed by atoms with van der Waals surface area (Å²) in [5.41, 5.74) is 0.412. The van der Waals surface area contributed by atoms with Crippen LogP contribution in [0.3, 0.4) is 0 Å².